The fourth-order valence-electron chi connectivity index (χ4n) is 2.09. The molecule has 0 amide bonds. The Labute approximate surface area is 89.3 Å². The van der Waals surface area contributed by atoms with Crippen molar-refractivity contribution in [3.63, 3.8) is 0 Å². The van der Waals surface area contributed by atoms with Gasteiger partial charge in [0, 0.05) is 12.1 Å². The summed E-state index contributed by atoms with van der Waals surface area (Å²) in [5.41, 5.74) is 1.75. The summed E-state index contributed by atoms with van der Waals surface area (Å²) >= 11 is 0. The maximum Gasteiger partial charge on any atom is 0.269 e. The van der Waals surface area contributed by atoms with Gasteiger partial charge in [0.15, 0.2) is 0 Å². The molecule has 1 aromatic heterocycles. The van der Waals surface area contributed by atoms with Gasteiger partial charge in [-0.15, -0.1) is 0 Å². The number of nitrogens with one attached hydrogen (secondary N) is 1. The number of aryl methyl sites for hydroxylation is 2. The highest BCUT2D eigenvalue weighted by Crippen LogP contribution is 2.13. The fraction of sp³-hybridized carbons (Fsp3) is 0.636. The summed E-state index contributed by atoms with van der Waals surface area (Å²) < 4.78 is 1.65. The Balaban J connectivity index is 2.38. The van der Waals surface area contributed by atoms with E-state index in [9.17, 15) is 4.79 Å². The van der Waals surface area contributed by atoms with Crippen LogP contribution in [-0.4, -0.2) is 22.9 Å². The van der Waals surface area contributed by atoms with Crippen LogP contribution in [0.2, 0.25) is 0 Å². The number of nitrogens with zero attached hydrogens (tertiary/aromatic N) is 2. The summed E-state index contributed by atoms with van der Waals surface area (Å²) in [6.45, 7) is 5.69. The minimum Gasteiger partial charge on any atom is -0.315 e. The van der Waals surface area contributed by atoms with E-state index in [1.54, 1.807) is 4.68 Å². The maximum atomic E-state index is 11.9. The topological polar surface area (TPSA) is 46.9 Å². The highest BCUT2D eigenvalue weighted by molar-refractivity contribution is 5.10. The van der Waals surface area contributed by atoms with Crippen molar-refractivity contribution in [1.29, 1.82) is 0 Å². The van der Waals surface area contributed by atoms with Gasteiger partial charge >= 0.3 is 0 Å². The summed E-state index contributed by atoms with van der Waals surface area (Å²) in [5.74, 6) is 0. The third-order valence-electron chi connectivity index (χ3n) is 2.85. The number of piperidine rings is 1. The second-order valence-electron chi connectivity index (χ2n) is 4.22. The Morgan fingerprint density at radius 2 is 2.33 bits per heavy atom. The first-order valence-corrected chi connectivity index (χ1v) is 5.46. The van der Waals surface area contributed by atoms with Gasteiger partial charge in [-0.25, -0.2) is 4.68 Å². The van der Waals surface area contributed by atoms with Gasteiger partial charge in [-0.3, -0.25) is 4.79 Å². The van der Waals surface area contributed by atoms with Gasteiger partial charge in [0.2, 0.25) is 0 Å². The van der Waals surface area contributed by atoms with E-state index in [0.29, 0.717) is 0 Å². The molecule has 1 atom stereocenters. The Kier molecular flexibility index (Phi) is 2.86. The lowest BCUT2D eigenvalue weighted by Crippen LogP contribution is -2.38. The zero-order valence-electron chi connectivity index (χ0n) is 9.29. The summed E-state index contributed by atoms with van der Waals surface area (Å²) in [7, 11) is 0. The Hall–Kier alpha value is -1.16. The first-order chi connectivity index (χ1) is 7.18. The zero-order valence-corrected chi connectivity index (χ0v) is 9.29. The molecule has 0 bridgehead atoms. The molecule has 1 N–H and O–H groups in total. The molecule has 0 spiro atoms. The van der Waals surface area contributed by atoms with Crippen LogP contribution in [0.15, 0.2) is 10.9 Å². The first-order valence-electron chi connectivity index (χ1n) is 5.46. The Bertz CT molecular complexity index is 405. The second-order valence-corrected chi connectivity index (χ2v) is 4.22. The summed E-state index contributed by atoms with van der Waals surface area (Å²) in [6, 6.07) is 2.07. The van der Waals surface area contributed by atoms with Crippen LogP contribution < -0.4 is 10.9 Å². The van der Waals surface area contributed by atoms with Crippen molar-refractivity contribution in [2.75, 3.05) is 13.1 Å². The van der Waals surface area contributed by atoms with Gasteiger partial charge < -0.3 is 5.32 Å². The molecule has 1 aliphatic heterocycles. The van der Waals surface area contributed by atoms with Crippen LogP contribution in [-0.2, 0) is 0 Å². The van der Waals surface area contributed by atoms with Crippen molar-refractivity contribution < 1.29 is 0 Å². The zero-order chi connectivity index (χ0) is 10.8. The van der Waals surface area contributed by atoms with Crippen LogP contribution in [0, 0.1) is 13.8 Å². The van der Waals surface area contributed by atoms with Crippen molar-refractivity contribution in [3.8, 4) is 0 Å². The van der Waals surface area contributed by atoms with E-state index in [1.165, 1.54) is 0 Å². The maximum absolute atomic E-state index is 11.9. The lowest BCUT2D eigenvalue weighted by Gasteiger charge is -2.24. The van der Waals surface area contributed by atoms with Crippen LogP contribution in [0.1, 0.15) is 30.1 Å². The minimum absolute atomic E-state index is 0.0503. The lowest BCUT2D eigenvalue weighted by atomic mass is 10.1. The van der Waals surface area contributed by atoms with Crippen molar-refractivity contribution >= 4 is 0 Å². The molecule has 4 heteroatoms. The summed E-state index contributed by atoms with van der Waals surface area (Å²) in [4.78, 5) is 11.9. The standard InChI is InChI=1S/C11H17N3O/c1-8-6-9(2)13-14(11(8)15)10-4-3-5-12-7-10/h6,10,12H,3-5,7H2,1-2H3/t10-/m1/s1. The monoisotopic (exact) mass is 207 g/mol. The van der Waals surface area contributed by atoms with Crippen LogP contribution in [0.3, 0.4) is 0 Å². The van der Waals surface area contributed by atoms with E-state index < -0.39 is 0 Å². The van der Waals surface area contributed by atoms with Gasteiger partial charge in [-0.1, -0.05) is 0 Å². The summed E-state index contributed by atoms with van der Waals surface area (Å²) in [5, 5.41) is 7.62. The third-order valence-corrected chi connectivity index (χ3v) is 2.85. The SMILES string of the molecule is Cc1cc(C)c(=O)n([C@@H]2CCCNC2)n1. The molecule has 0 unspecified atom stereocenters. The lowest BCUT2D eigenvalue weighted by molar-refractivity contribution is 0.333. The highest BCUT2D eigenvalue weighted by Gasteiger charge is 2.17. The molecule has 1 aliphatic rings. The molecule has 1 aromatic rings. The molecule has 2 heterocycles. The average Bonchev–Trinajstić information content (AvgIpc) is 2.24. The normalized spacial score (nSPS) is 21.6. The quantitative estimate of drug-likeness (QED) is 0.740. The van der Waals surface area contributed by atoms with Crippen LogP contribution in [0.4, 0.5) is 0 Å². The molecule has 4 nitrogen and oxygen atoms in total. The smallest absolute Gasteiger partial charge is 0.269 e. The molecule has 15 heavy (non-hydrogen) atoms. The number of rotatable bonds is 1. The molecule has 0 aliphatic carbocycles. The predicted octanol–water partition coefficient (Wildman–Crippen LogP) is 0.785. The van der Waals surface area contributed by atoms with Crippen molar-refractivity contribution in [3.05, 3.63) is 27.7 Å². The second kappa shape index (κ2) is 4.14. The molecule has 1 fully saturated rings. The average molecular weight is 207 g/mol. The highest BCUT2D eigenvalue weighted by atomic mass is 16.1. The van der Waals surface area contributed by atoms with E-state index >= 15 is 0 Å². The van der Waals surface area contributed by atoms with Crippen LogP contribution in [0.5, 0.6) is 0 Å². The molecule has 82 valence electrons. The fourth-order valence-corrected chi connectivity index (χ4v) is 2.09. The van der Waals surface area contributed by atoms with Crippen molar-refractivity contribution in [2.24, 2.45) is 0 Å². The number of hydrogen-bond donors (Lipinski definition) is 1. The summed E-state index contributed by atoms with van der Waals surface area (Å²) in [6.07, 6.45) is 2.16. The molecular formula is C11H17N3O. The minimum atomic E-state index is 0.0503. The van der Waals surface area contributed by atoms with Crippen LogP contribution in [0.25, 0.3) is 0 Å². The van der Waals surface area contributed by atoms with Crippen LogP contribution >= 0.6 is 0 Å². The van der Waals surface area contributed by atoms with Gasteiger partial charge in [0.25, 0.3) is 5.56 Å². The van der Waals surface area contributed by atoms with E-state index in [2.05, 4.69) is 10.4 Å². The Morgan fingerprint density at radius 3 is 3.00 bits per heavy atom. The van der Waals surface area contributed by atoms with E-state index in [0.717, 1.165) is 37.2 Å². The van der Waals surface area contributed by atoms with E-state index in [-0.39, 0.29) is 11.6 Å². The van der Waals surface area contributed by atoms with Crippen molar-refractivity contribution in [2.45, 2.75) is 32.7 Å². The molecule has 0 saturated carbocycles. The van der Waals surface area contributed by atoms with Gasteiger partial charge in [-0.2, -0.15) is 5.10 Å². The largest absolute Gasteiger partial charge is 0.315 e. The molecule has 0 aromatic carbocycles. The van der Waals surface area contributed by atoms with E-state index in [4.69, 9.17) is 0 Å². The first kappa shape index (κ1) is 10.4. The van der Waals surface area contributed by atoms with Gasteiger partial charge in [0.1, 0.15) is 0 Å². The predicted molar refractivity (Wildman–Crippen MR) is 59.1 cm³/mol. The van der Waals surface area contributed by atoms with Crippen molar-refractivity contribution in [1.82, 2.24) is 15.1 Å². The number of hydrogen-bond acceptors (Lipinski definition) is 3. The van der Waals surface area contributed by atoms with E-state index in [1.807, 2.05) is 19.9 Å². The molecule has 0 radical (unpaired) electrons. The molecule has 1 saturated heterocycles. The molecular weight excluding hydrogens is 190 g/mol. The third kappa shape index (κ3) is 2.09. The van der Waals surface area contributed by atoms with Gasteiger partial charge in [0.05, 0.1) is 11.7 Å². The molecule has 2 rings (SSSR count). The van der Waals surface area contributed by atoms with Gasteiger partial charge in [-0.05, 0) is 39.3 Å². The number of aromatic nitrogens is 2. The Morgan fingerprint density at radius 1 is 1.53 bits per heavy atom.